The Morgan fingerprint density at radius 1 is 1.17 bits per heavy atom. The first-order chi connectivity index (χ1) is 14.5. The molecule has 3 heterocycles. The largest absolute Gasteiger partial charge is 0.325 e. The average Bonchev–Trinajstić information content (AvgIpc) is 3.13. The number of hydrogen-bond acceptors (Lipinski definition) is 5. The van der Waals surface area contributed by atoms with Crippen molar-refractivity contribution in [3.63, 3.8) is 0 Å². The Kier molecular flexibility index (Phi) is 6.26. The lowest BCUT2D eigenvalue weighted by Crippen LogP contribution is -2.37. The standard InChI is InChI=1S/C22H25N3O3S2/c1-2-29-18-5-7-19(8-6-18)30(27,28)25-12-9-17(10-13-25)21-16-24(14-15-26)22-20(21)4-3-11-23-22/h3-8,11,15-17H,2,9-10,12-14H2,1H3. The van der Waals surface area contributed by atoms with Gasteiger partial charge in [-0.1, -0.05) is 6.92 Å². The van der Waals surface area contributed by atoms with Gasteiger partial charge in [0, 0.05) is 35.8 Å². The molecule has 0 saturated carbocycles. The number of benzene rings is 1. The second-order valence-corrected chi connectivity index (χ2v) is 10.6. The zero-order valence-electron chi connectivity index (χ0n) is 16.9. The third-order valence-corrected chi connectivity index (χ3v) is 8.41. The molecular weight excluding hydrogens is 418 g/mol. The maximum atomic E-state index is 13.1. The number of nitrogens with zero attached hydrogens (tertiary/aromatic N) is 3. The molecule has 0 spiro atoms. The SMILES string of the molecule is CCSc1ccc(S(=O)(=O)N2CCC(c3cn(CC=O)c4ncccc34)CC2)cc1. The van der Waals surface area contributed by atoms with Crippen LogP contribution < -0.4 is 0 Å². The van der Waals surface area contributed by atoms with Crippen molar-refractivity contribution in [1.82, 2.24) is 13.9 Å². The minimum atomic E-state index is -3.49. The van der Waals surface area contributed by atoms with Gasteiger partial charge in [0.05, 0.1) is 11.4 Å². The van der Waals surface area contributed by atoms with E-state index in [1.807, 2.05) is 35.0 Å². The third-order valence-electron chi connectivity index (χ3n) is 5.60. The van der Waals surface area contributed by atoms with Gasteiger partial charge < -0.3 is 9.36 Å². The van der Waals surface area contributed by atoms with Crippen LogP contribution in [0.2, 0.25) is 0 Å². The minimum Gasteiger partial charge on any atom is -0.325 e. The molecule has 4 rings (SSSR count). The molecule has 0 unspecified atom stereocenters. The zero-order chi connectivity index (χ0) is 21.1. The van der Waals surface area contributed by atoms with Crippen molar-refractivity contribution in [1.29, 1.82) is 0 Å². The quantitative estimate of drug-likeness (QED) is 0.409. The summed E-state index contributed by atoms with van der Waals surface area (Å²) in [6.07, 6.45) is 6.10. The van der Waals surface area contributed by atoms with E-state index < -0.39 is 10.0 Å². The summed E-state index contributed by atoms with van der Waals surface area (Å²) in [5, 5.41) is 1.05. The third kappa shape index (κ3) is 4.04. The van der Waals surface area contributed by atoms with Crippen LogP contribution in [0.4, 0.5) is 0 Å². The van der Waals surface area contributed by atoms with Crippen molar-refractivity contribution in [2.45, 2.75) is 42.0 Å². The molecule has 1 aliphatic rings. The van der Waals surface area contributed by atoms with Gasteiger partial charge in [-0.25, -0.2) is 13.4 Å². The van der Waals surface area contributed by atoms with Crippen LogP contribution >= 0.6 is 11.8 Å². The number of sulfonamides is 1. The molecule has 30 heavy (non-hydrogen) atoms. The number of rotatable bonds is 7. The van der Waals surface area contributed by atoms with Crippen molar-refractivity contribution < 1.29 is 13.2 Å². The Labute approximate surface area is 181 Å². The molecule has 2 aromatic heterocycles. The van der Waals surface area contributed by atoms with E-state index in [2.05, 4.69) is 11.9 Å². The molecule has 0 radical (unpaired) electrons. The van der Waals surface area contributed by atoms with Gasteiger partial charge in [0.2, 0.25) is 10.0 Å². The summed E-state index contributed by atoms with van der Waals surface area (Å²) in [7, 11) is -3.49. The summed E-state index contributed by atoms with van der Waals surface area (Å²) in [4.78, 5) is 16.9. The van der Waals surface area contributed by atoms with E-state index >= 15 is 0 Å². The van der Waals surface area contributed by atoms with Crippen LogP contribution in [0.15, 0.2) is 58.6 Å². The summed E-state index contributed by atoms with van der Waals surface area (Å²) < 4.78 is 29.6. The van der Waals surface area contributed by atoms with Crippen molar-refractivity contribution in [3.05, 3.63) is 54.4 Å². The van der Waals surface area contributed by atoms with Crippen LogP contribution in [-0.4, -0.2) is 47.4 Å². The first kappa shape index (κ1) is 21.1. The fourth-order valence-electron chi connectivity index (χ4n) is 4.13. The number of aldehydes is 1. The van der Waals surface area contributed by atoms with E-state index in [9.17, 15) is 13.2 Å². The lowest BCUT2D eigenvalue weighted by atomic mass is 9.90. The fraction of sp³-hybridized carbons (Fsp3) is 0.364. The summed E-state index contributed by atoms with van der Waals surface area (Å²) in [5.41, 5.74) is 1.96. The van der Waals surface area contributed by atoms with Gasteiger partial charge in [0.25, 0.3) is 0 Å². The van der Waals surface area contributed by atoms with E-state index in [1.165, 1.54) is 0 Å². The maximum Gasteiger partial charge on any atom is 0.243 e. The highest BCUT2D eigenvalue weighted by molar-refractivity contribution is 7.99. The number of pyridine rings is 1. The summed E-state index contributed by atoms with van der Waals surface area (Å²) in [6.45, 7) is 3.32. The van der Waals surface area contributed by atoms with Crippen molar-refractivity contribution in [2.75, 3.05) is 18.8 Å². The molecule has 3 aromatic rings. The van der Waals surface area contributed by atoms with E-state index in [-0.39, 0.29) is 12.5 Å². The number of piperidine rings is 1. The van der Waals surface area contributed by atoms with Gasteiger partial charge >= 0.3 is 0 Å². The fourth-order valence-corrected chi connectivity index (χ4v) is 6.26. The van der Waals surface area contributed by atoms with E-state index in [4.69, 9.17) is 0 Å². The molecule has 1 aromatic carbocycles. The van der Waals surface area contributed by atoms with Gasteiger partial charge in [0.15, 0.2) is 0 Å². The van der Waals surface area contributed by atoms with Crippen LogP contribution in [0.1, 0.15) is 31.2 Å². The lowest BCUT2D eigenvalue weighted by molar-refractivity contribution is -0.108. The zero-order valence-corrected chi connectivity index (χ0v) is 18.5. The lowest BCUT2D eigenvalue weighted by Gasteiger charge is -2.31. The summed E-state index contributed by atoms with van der Waals surface area (Å²) in [5.74, 6) is 1.21. The number of fused-ring (bicyclic) bond motifs is 1. The van der Waals surface area contributed by atoms with E-state index in [0.717, 1.165) is 46.4 Å². The molecular formula is C22H25N3O3S2. The Bertz CT molecular complexity index is 1130. The molecule has 0 N–H and O–H groups in total. The normalized spacial score (nSPS) is 16.2. The Morgan fingerprint density at radius 3 is 2.57 bits per heavy atom. The van der Waals surface area contributed by atoms with Crippen LogP contribution in [0.5, 0.6) is 0 Å². The van der Waals surface area contributed by atoms with Crippen LogP contribution in [-0.2, 0) is 21.4 Å². The average molecular weight is 444 g/mol. The molecule has 0 atom stereocenters. The summed E-state index contributed by atoms with van der Waals surface area (Å²) in [6, 6.07) is 11.1. The van der Waals surface area contributed by atoms with Crippen molar-refractivity contribution in [3.8, 4) is 0 Å². The topological polar surface area (TPSA) is 72.3 Å². The molecule has 1 saturated heterocycles. The second kappa shape index (κ2) is 8.91. The molecule has 1 aliphatic heterocycles. The molecule has 0 amide bonds. The monoisotopic (exact) mass is 443 g/mol. The van der Waals surface area contributed by atoms with Crippen LogP contribution in [0.25, 0.3) is 11.0 Å². The van der Waals surface area contributed by atoms with Gasteiger partial charge in [-0.15, -0.1) is 11.8 Å². The summed E-state index contributed by atoms with van der Waals surface area (Å²) >= 11 is 1.70. The highest BCUT2D eigenvalue weighted by Crippen LogP contribution is 2.35. The second-order valence-electron chi connectivity index (χ2n) is 7.36. The number of aromatic nitrogens is 2. The van der Waals surface area contributed by atoms with Gasteiger partial charge in [-0.2, -0.15) is 4.31 Å². The molecule has 1 fully saturated rings. The Balaban J connectivity index is 1.51. The predicted octanol–water partition coefficient (Wildman–Crippen LogP) is 3.92. The molecule has 6 nitrogen and oxygen atoms in total. The van der Waals surface area contributed by atoms with Crippen molar-refractivity contribution >= 4 is 39.1 Å². The maximum absolute atomic E-state index is 13.1. The smallest absolute Gasteiger partial charge is 0.243 e. The van der Waals surface area contributed by atoms with E-state index in [1.54, 1.807) is 34.4 Å². The minimum absolute atomic E-state index is 0.249. The van der Waals surface area contributed by atoms with Gasteiger partial charge in [0.1, 0.15) is 11.9 Å². The Morgan fingerprint density at radius 2 is 1.90 bits per heavy atom. The van der Waals surface area contributed by atoms with Crippen molar-refractivity contribution in [2.24, 2.45) is 0 Å². The van der Waals surface area contributed by atoms with E-state index in [0.29, 0.717) is 18.0 Å². The molecule has 158 valence electrons. The first-order valence-electron chi connectivity index (χ1n) is 10.1. The van der Waals surface area contributed by atoms with Gasteiger partial charge in [-0.05, 0) is 66.5 Å². The van der Waals surface area contributed by atoms with Gasteiger partial charge in [-0.3, -0.25) is 0 Å². The van der Waals surface area contributed by atoms with Crippen LogP contribution in [0, 0.1) is 0 Å². The van der Waals surface area contributed by atoms with Crippen LogP contribution in [0.3, 0.4) is 0 Å². The number of thioether (sulfide) groups is 1. The molecule has 0 aliphatic carbocycles. The Hall–Kier alpha value is -2.16. The molecule has 8 heteroatoms. The number of carbonyl (C=O) groups excluding carboxylic acids is 1. The number of hydrogen-bond donors (Lipinski definition) is 0. The first-order valence-corrected chi connectivity index (χ1v) is 12.6. The predicted molar refractivity (Wildman–Crippen MR) is 119 cm³/mol. The number of carbonyl (C=O) groups is 1. The highest BCUT2D eigenvalue weighted by Gasteiger charge is 2.31. The highest BCUT2D eigenvalue weighted by atomic mass is 32.2. The molecule has 0 bridgehead atoms.